The molecule has 0 aliphatic carbocycles. The van der Waals surface area contributed by atoms with Crippen LogP contribution in [-0.4, -0.2) is 21.6 Å². The Kier molecular flexibility index (Phi) is 6.19. The topological polar surface area (TPSA) is 95.1 Å². The lowest BCUT2D eigenvalue weighted by atomic mass is 10.1. The molecule has 3 aromatic rings. The molecule has 0 radical (unpaired) electrons. The van der Waals surface area contributed by atoms with Gasteiger partial charge in [0.25, 0.3) is 5.91 Å². The van der Waals surface area contributed by atoms with E-state index >= 15 is 0 Å². The largest absolute Gasteiger partial charge is 0.478 e. The van der Waals surface area contributed by atoms with Gasteiger partial charge in [-0.3, -0.25) is 4.79 Å². The molecule has 0 unspecified atom stereocenters. The van der Waals surface area contributed by atoms with Crippen LogP contribution in [0, 0.1) is 25.2 Å². The zero-order valence-corrected chi connectivity index (χ0v) is 17.9. The number of benzene rings is 2. The predicted octanol–water partition coefficient (Wildman–Crippen LogP) is 5.10. The zero-order valence-electron chi connectivity index (χ0n) is 16.3. The van der Waals surface area contributed by atoms with E-state index < -0.39 is 11.9 Å². The molecule has 1 amide bonds. The molecule has 6 nitrogen and oxygen atoms in total. The summed E-state index contributed by atoms with van der Waals surface area (Å²) >= 11 is 3.35. The number of aryl methyl sites for hydroxylation is 1. The first-order chi connectivity index (χ1) is 14.3. The van der Waals surface area contributed by atoms with Crippen LogP contribution in [0.4, 0.5) is 5.69 Å². The lowest BCUT2D eigenvalue weighted by Crippen LogP contribution is -2.13. The van der Waals surface area contributed by atoms with Gasteiger partial charge in [0, 0.05) is 27.2 Å². The molecule has 2 aromatic carbocycles. The third kappa shape index (κ3) is 4.50. The summed E-state index contributed by atoms with van der Waals surface area (Å²) in [5.41, 5.74) is 4.03. The first-order valence-corrected chi connectivity index (χ1v) is 9.81. The molecule has 0 atom stereocenters. The van der Waals surface area contributed by atoms with Gasteiger partial charge in [-0.05, 0) is 74.0 Å². The monoisotopic (exact) mass is 463 g/mol. The average Bonchev–Trinajstić information content (AvgIpc) is 2.99. The second-order valence-electron chi connectivity index (χ2n) is 6.65. The van der Waals surface area contributed by atoms with Crippen LogP contribution in [-0.2, 0) is 4.79 Å². The lowest BCUT2D eigenvalue weighted by molar-refractivity contribution is -0.112. The molecule has 7 heteroatoms. The normalized spacial score (nSPS) is 11.1. The Morgan fingerprint density at radius 2 is 1.83 bits per heavy atom. The van der Waals surface area contributed by atoms with Crippen molar-refractivity contribution in [1.29, 1.82) is 5.26 Å². The molecule has 0 aliphatic rings. The Hall–Kier alpha value is -3.63. The number of carbonyl (C=O) groups is 2. The number of nitrogens with one attached hydrogen (secondary N) is 1. The van der Waals surface area contributed by atoms with Gasteiger partial charge in [0.15, 0.2) is 0 Å². The number of rotatable bonds is 5. The van der Waals surface area contributed by atoms with Crippen LogP contribution in [0.2, 0.25) is 0 Å². The van der Waals surface area contributed by atoms with Crippen molar-refractivity contribution >= 4 is 39.6 Å². The van der Waals surface area contributed by atoms with E-state index in [0.717, 1.165) is 27.1 Å². The number of aromatic carboxylic acids is 1. The highest BCUT2D eigenvalue weighted by molar-refractivity contribution is 9.10. The highest BCUT2D eigenvalue weighted by Crippen LogP contribution is 2.24. The highest BCUT2D eigenvalue weighted by atomic mass is 79.9. The van der Waals surface area contributed by atoms with Crippen LogP contribution in [0.25, 0.3) is 11.8 Å². The zero-order chi connectivity index (χ0) is 21.8. The van der Waals surface area contributed by atoms with Crippen LogP contribution in [0.5, 0.6) is 0 Å². The Balaban J connectivity index is 1.92. The molecule has 150 valence electrons. The fourth-order valence-corrected chi connectivity index (χ4v) is 3.55. The van der Waals surface area contributed by atoms with Crippen molar-refractivity contribution in [3.63, 3.8) is 0 Å². The Morgan fingerprint density at radius 1 is 1.13 bits per heavy atom. The minimum Gasteiger partial charge on any atom is -0.478 e. The lowest BCUT2D eigenvalue weighted by Gasteiger charge is -2.10. The number of nitrogens with zero attached hydrogens (tertiary/aromatic N) is 2. The van der Waals surface area contributed by atoms with Crippen molar-refractivity contribution in [1.82, 2.24) is 4.57 Å². The molecule has 0 bridgehead atoms. The molecular formula is C23H18BrN3O3. The third-order valence-corrected chi connectivity index (χ3v) is 5.08. The molecule has 1 heterocycles. The van der Waals surface area contributed by atoms with E-state index in [1.54, 1.807) is 36.4 Å². The number of nitriles is 1. The molecule has 1 aromatic heterocycles. The van der Waals surface area contributed by atoms with Crippen molar-refractivity contribution in [2.75, 3.05) is 5.32 Å². The van der Waals surface area contributed by atoms with Gasteiger partial charge < -0.3 is 15.0 Å². The van der Waals surface area contributed by atoms with Gasteiger partial charge in [0.1, 0.15) is 11.6 Å². The molecule has 0 saturated carbocycles. The fourth-order valence-electron chi connectivity index (χ4n) is 3.15. The Labute approximate surface area is 182 Å². The molecule has 0 fully saturated rings. The number of anilines is 1. The number of hydrogen-bond donors (Lipinski definition) is 2. The summed E-state index contributed by atoms with van der Waals surface area (Å²) in [5, 5.41) is 21.3. The van der Waals surface area contributed by atoms with Gasteiger partial charge in [-0.2, -0.15) is 5.26 Å². The molecule has 30 heavy (non-hydrogen) atoms. The van der Waals surface area contributed by atoms with Crippen LogP contribution >= 0.6 is 15.9 Å². The van der Waals surface area contributed by atoms with Gasteiger partial charge >= 0.3 is 5.97 Å². The van der Waals surface area contributed by atoms with Crippen molar-refractivity contribution in [3.8, 4) is 11.8 Å². The van der Waals surface area contributed by atoms with Crippen LogP contribution in [0.1, 0.15) is 27.3 Å². The smallest absolute Gasteiger partial charge is 0.335 e. The Bertz CT molecular complexity index is 1200. The van der Waals surface area contributed by atoms with Crippen molar-refractivity contribution in [2.45, 2.75) is 13.8 Å². The van der Waals surface area contributed by atoms with E-state index in [9.17, 15) is 14.9 Å². The molecule has 3 rings (SSSR count). The first-order valence-electron chi connectivity index (χ1n) is 9.01. The number of carboxylic acid groups (broad SMARTS) is 1. The first kappa shape index (κ1) is 21.1. The van der Waals surface area contributed by atoms with Gasteiger partial charge in [-0.1, -0.05) is 22.0 Å². The SMILES string of the molecule is Cc1cc(C=C(C#N)C(=O)Nc2cccc(Br)c2)c(C)n1-c1ccc(C(=O)O)cc1. The summed E-state index contributed by atoms with van der Waals surface area (Å²) in [6.45, 7) is 3.79. The van der Waals surface area contributed by atoms with Crippen molar-refractivity contribution < 1.29 is 14.7 Å². The number of carboxylic acids is 1. The van der Waals surface area contributed by atoms with Crippen LogP contribution in [0.15, 0.2) is 64.6 Å². The van der Waals surface area contributed by atoms with E-state index in [-0.39, 0.29) is 11.1 Å². The number of hydrogen-bond acceptors (Lipinski definition) is 3. The maximum Gasteiger partial charge on any atom is 0.335 e. The second kappa shape index (κ2) is 8.80. The molecule has 2 N–H and O–H groups in total. The van der Waals surface area contributed by atoms with E-state index in [1.165, 1.54) is 12.1 Å². The maximum absolute atomic E-state index is 12.6. The van der Waals surface area contributed by atoms with Crippen molar-refractivity contribution in [3.05, 3.63) is 87.2 Å². The molecular weight excluding hydrogens is 446 g/mol. The van der Waals surface area contributed by atoms with Gasteiger partial charge in [-0.25, -0.2) is 4.79 Å². The predicted molar refractivity (Wildman–Crippen MR) is 119 cm³/mol. The summed E-state index contributed by atoms with van der Waals surface area (Å²) in [5.74, 6) is -1.48. The number of halogens is 1. The summed E-state index contributed by atoms with van der Waals surface area (Å²) in [4.78, 5) is 23.6. The third-order valence-electron chi connectivity index (χ3n) is 4.59. The van der Waals surface area contributed by atoms with E-state index in [0.29, 0.717) is 5.69 Å². The van der Waals surface area contributed by atoms with E-state index in [1.807, 2.05) is 36.6 Å². The number of amides is 1. The van der Waals surface area contributed by atoms with Crippen molar-refractivity contribution in [2.24, 2.45) is 0 Å². The maximum atomic E-state index is 12.6. The van der Waals surface area contributed by atoms with Gasteiger partial charge in [-0.15, -0.1) is 0 Å². The molecule has 0 spiro atoms. The standard InChI is InChI=1S/C23H18BrN3O3/c1-14-10-17(15(2)27(14)21-8-6-16(7-9-21)23(29)30)11-18(13-25)22(28)26-20-5-3-4-19(24)12-20/h3-12H,1-2H3,(H,26,28)(H,29,30). The number of aromatic nitrogens is 1. The quantitative estimate of drug-likeness (QED) is 0.406. The summed E-state index contributed by atoms with van der Waals surface area (Å²) in [6, 6.07) is 17.5. The Morgan fingerprint density at radius 3 is 2.43 bits per heavy atom. The number of carbonyl (C=O) groups excluding carboxylic acids is 1. The molecule has 0 saturated heterocycles. The molecule has 0 aliphatic heterocycles. The minimum atomic E-state index is -0.985. The van der Waals surface area contributed by atoms with E-state index in [4.69, 9.17) is 5.11 Å². The summed E-state index contributed by atoms with van der Waals surface area (Å²) in [6.07, 6.45) is 1.55. The summed E-state index contributed by atoms with van der Waals surface area (Å²) < 4.78 is 2.76. The van der Waals surface area contributed by atoms with E-state index in [2.05, 4.69) is 21.2 Å². The minimum absolute atomic E-state index is 0.0172. The van der Waals surface area contributed by atoms with Crippen LogP contribution in [0.3, 0.4) is 0 Å². The summed E-state index contributed by atoms with van der Waals surface area (Å²) in [7, 11) is 0. The van der Waals surface area contributed by atoms with Crippen LogP contribution < -0.4 is 5.32 Å². The van der Waals surface area contributed by atoms with Gasteiger partial charge in [0.2, 0.25) is 0 Å². The average molecular weight is 464 g/mol. The second-order valence-corrected chi connectivity index (χ2v) is 7.56. The van der Waals surface area contributed by atoms with Gasteiger partial charge in [0.05, 0.1) is 5.56 Å². The fraction of sp³-hybridized carbons (Fsp3) is 0.0870. The highest BCUT2D eigenvalue weighted by Gasteiger charge is 2.14.